The van der Waals surface area contributed by atoms with Gasteiger partial charge in [0.15, 0.2) is 6.61 Å². The fourth-order valence-corrected chi connectivity index (χ4v) is 1.56. The lowest BCUT2D eigenvalue weighted by atomic mass is 10.2. The third-order valence-corrected chi connectivity index (χ3v) is 2.36. The molecule has 0 aliphatic heterocycles. The molecule has 0 aliphatic carbocycles. The van der Waals surface area contributed by atoms with Crippen LogP contribution in [0.5, 0.6) is 5.75 Å². The Kier molecular flexibility index (Phi) is 5.31. The summed E-state index contributed by atoms with van der Waals surface area (Å²) in [5.74, 6) is -0.876. The first kappa shape index (κ1) is 14.2. The Balaban J connectivity index is 2.69. The van der Waals surface area contributed by atoms with Crippen LogP contribution in [0.15, 0.2) is 27.8 Å². The van der Waals surface area contributed by atoms with Crippen LogP contribution in [0.1, 0.15) is 12.5 Å². The standard InChI is InChI=1S/C11H11BrN2O4/c1-7(15)14-13-5-8-2-3-10(9(12)4-8)18-6-11(16)17/h2-5H,6H2,1H3,(H,14,15)(H,16,17)/b13-5-. The van der Waals surface area contributed by atoms with Gasteiger partial charge in [-0.1, -0.05) is 0 Å². The Labute approximate surface area is 112 Å². The summed E-state index contributed by atoms with van der Waals surface area (Å²) in [7, 11) is 0. The molecule has 0 aromatic heterocycles. The SMILES string of the molecule is CC(=O)N/N=C\c1ccc(OCC(=O)O)c(Br)c1. The molecule has 0 fully saturated rings. The summed E-state index contributed by atoms with van der Waals surface area (Å²) >= 11 is 3.25. The molecule has 0 atom stereocenters. The minimum absolute atomic E-state index is 0.258. The minimum atomic E-state index is -1.04. The van der Waals surface area contributed by atoms with Gasteiger partial charge in [0, 0.05) is 6.92 Å². The van der Waals surface area contributed by atoms with Gasteiger partial charge in [0.1, 0.15) is 5.75 Å². The molecule has 0 saturated heterocycles. The van der Waals surface area contributed by atoms with E-state index in [4.69, 9.17) is 9.84 Å². The smallest absolute Gasteiger partial charge is 0.341 e. The van der Waals surface area contributed by atoms with E-state index in [0.29, 0.717) is 10.2 Å². The number of carboxylic acid groups (broad SMARTS) is 1. The highest BCUT2D eigenvalue weighted by molar-refractivity contribution is 9.10. The molecule has 1 amide bonds. The zero-order valence-corrected chi connectivity index (χ0v) is 11.1. The Bertz CT molecular complexity index is 488. The molecule has 1 aromatic rings. The van der Waals surface area contributed by atoms with Crippen molar-refractivity contribution in [1.82, 2.24) is 5.43 Å². The van der Waals surface area contributed by atoms with Crippen molar-refractivity contribution in [3.05, 3.63) is 28.2 Å². The largest absolute Gasteiger partial charge is 0.481 e. The van der Waals surface area contributed by atoms with E-state index >= 15 is 0 Å². The third kappa shape index (κ3) is 4.96. The molecule has 1 rings (SSSR count). The molecule has 0 aliphatic rings. The molecule has 0 saturated carbocycles. The number of rotatable bonds is 5. The molecular weight excluding hydrogens is 304 g/mol. The number of carbonyl (C=O) groups excluding carboxylic acids is 1. The third-order valence-electron chi connectivity index (χ3n) is 1.74. The number of nitrogens with zero attached hydrogens (tertiary/aromatic N) is 1. The molecule has 0 heterocycles. The molecule has 6 nitrogen and oxygen atoms in total. The first-order valence-electron chi connectivity index (χ1n) is 4.93. The first-order chi connectivity index (χ1) is 8.49. The Morgan fingerprint density at radius 2 is 2.28 bits per heavy atom. The number of benzene rings is 1. The van der Waals surface area contributed by atoms with Gasteiger partial charge < -0.3 is 9.84 Å². The number of hydrogen-bond acceptors (Lipinski definition) is 4. The van der Waals surface area contributed by atoms with Crippen LogP contribution in [-0.2, 0) is 9.59 Å². The van der Waals surface area contributed by atoms with Gasteiger partial charge in [-0.25, -0.2) is 10.2 Å². The molecule has 0 unspecified atom stereocenters. The summed E-state index contributed by atoms with van der Waals surface area (Å²) in [5, 5.41) is 12.2. The fourth-order valence-electron chi connectivity index (χ4n) is 1.05. The van der Waals surface area contributed by atoms with E-state index in [9.17, 15) is 9.59 Å². The van der Waals surface area contributed by atoms with Crippen LogP contribution in [0, 0.1) is 0 Å². The molecule has 2 N–H and O–H groups in total. The van der Waals surface area contributed by atoms with Crippen LogP contribution in [0.3, 0.4) is 0 Å². The maximum Gasteiger partial charge on any atom is 0.341 e. The van der Waals surface area contributed by atoms with Crippen molar-refractivity contribution in [1.29, 1.82) is 0 Å². The highest BCUT2D eigenvalue weighted by atomic mass is 79.9. The Hall–Kier alpha value is -1.89. The van der Waals surface area contributed by atoms with E-state index in [1.165, 1.54) is 13.1 Å². The lowest BCUT2D eigenvalue weighted by molar-refractivity contribution is -0.139. The van der Waals surface area contributed by atoms with Crippen molar-refractivity contribution in [2.45, 2.75) is 6.92 Å². The van der Waals surface area contributed by atoms with Crippen LogP contribution in [0.2, 0.25) is 0 Å². The summed E-state index contributed by atoms with van der Waals surface area (Å²) in [5.41, 5.74) is 3.01. The van der Waals surface area contributed by atoms with E-state index in [1.807, 2.05) is 0 Å². The van der Waals surface area contributed by atoms with Gasteiger partial charge in [-0.3, -0.25) is 4.79 Å². The van der Waals surface area contributed by atoms with Crippen LogP contribution < -0.4 is 10.2 Å². The van der Waals surface area contributed by atoms with Gasteiger partial charge in [0.25, 0.3) is 0 Å². The zero-order valence-electron chi connectivity index (χ0n) is 9.51. The van der Waals surface area contributed by atoms with Crippen molar-refractivity contribution in [2.75, 3.05) is 6.61 Å². The van der Waals surface area contributed by atoms with Gasteiger partial charge in [0.2, 0.25) is 5.91 Å². The van der Waals surface area contributed by atoms with E-state index in [-0.39, 0.29) is 5.91 Å². The quantitative estimate of drug-likeness (QED) is 0.635. The number of nitrogens with one attached hydrogen (secondary N) is 1. The molecule has 96 valence electrons. The normalized spacial score (nSPS) is 10.3. The molecule has 0 radical (unpaired) electrons. The number of hydrogen-bond donors (Lipinski definition) is 2. The number of amides is 1. The number of carboxylic acids is 1. The highest BCUT2D eigenvalue weighted by Crippen LogP contribution is 2.25. The van der Waals surface area contributed by atoms with E-state index in [0.717, 1.165) is 5.56 Å². The maximum absolute atomic E-state index is 10.6. The lowest BCUT2D eigenvalue weighted by Gasteiger charge is -2.06. The summed E-state index contributed by atoms with van der Waals surface area (Å²) in [6.07, 6.45) is 1.47. The second-order valence-corrected chi connectivity index (χ2v) is 4.15. The number of hydrazone groups is 1. The van der Waals surface area contributed by atoms with Gasteiger partial charge in [-0.15, -0.1) is 0 Å². The van der Waals surface area contributed by atoms with Gasteiger partial charge in [-0.05, 0) is 39.7 Å². The fraction of sp³-hybridized carbons (Fsp3) is 0.182. The van der Waals surface area contributed by atoms with Crippen molar-refractivity contribution in [2.24, 2.45) is 5.10 Å². The van der Waals surface area contributed by atoms with E-state index in [1.54, 1.807) is 18.2 Å². The summed E-state index contributed by atoms with van der Waals surface area (Å²) in [6.45, 7) is 0.952. The molecule has 1 aromatic carbocycles. The number of halogens is 1. The Morgan fingerprint density at radius 3 is 2.83 bits per heavy atom. The zero-order chi connectivity index (χ0) is 13.5. The van der Waals surface area contributed by atoms with Crippen molar-refractivity contribution < 1.29 is 19.4 Å². The van der Waals surface area contributed by atoms with Crippen LogP contribution in [0.25, 0.3) is 0 Å². The number of aliphatic carboxylic acids is 1. The van der Waals surface area contributed by atoms with Crippen molar-refractivity contribution in [3.8, 4) is 5.75 Å². The minimum Gasteiger partial charge on any atom is -0.481 e. The second kappa shape index (κ2) is 6.75. The van der Waals surface area contributed by atoms with Gasteiger partial charge in [0.05, 0.1) is 10.7 Å². The van der Waals surface area contributed by atoms with Crippen LogP contribution in [0.4, 0.5) is 0 Å². The lowest BCUT2D eigenvalue weighted by Crippen LogP contribution is -2.12. The van der Waals surface area contributed by atoms with Gasteiger partial charge in [-0.2, -0.15) is 5.10 Å². The summed E-state index contributed by atoms with van der Waals surface area (Å²) in [4.78, 5) is 20.9. The average Bonchev–Trinajstić information content (AvgIpc) is 2.27. The maximum atomic E-state index is 10.6. The highest BCUT2D eigenvalue weighted by Gasteiger charge is 2.04. The monoisotopic (exact) mass is 314 g/mol. The van der Waals surface area contributed by atoms with Gasteiger partial charge >= 0.3 is 5.97 Å². The number of ether oxygens (including phenoxy) is 1. The van der Waals surface area contributed by atoms with E-state index in [2.05, 4.69) is 26.5 Å². The van der Waals surface area contributed by atoms with Crippen molar-refractivity contribution in [3.63, 3.8) is 0 Å². The predicted molar refractivity (Wildman–Crippen MR) is 68.7 cm³/mol. The Morgan fingerprint density at radius 1 is 1.56 bits per heavy atom. The average molecular weight is 315 g/mol. The predicted octanol–water partition coefficient (Wildman–Crippen LogP) is 1.38. The summed E-state index contributed by atoms with van der Waals surface area (Å²) in [6, 6.07) is 5.00. The topological polar surface area (TPSA) is 88.0 Å². The molecule has 18 heavy (non-hydrogen) atoms. The molecule has 7 heteroatoms. The molecule has 0 bridgehead atoms. The van der Waals surface area contributed by atoms with Crippen LogP contribution in [-0.4, -0.2) is 29.8 Å². The summed E-state index contributed by atoms with van der Waals surface area (Å²) < 4.78 is 5.64. The molecular formula is C11H11BrN2O4. The van der Waals surface area contributed by atoms with E-state index < -0.39 is 12.6 Å². The molecule has 0 spiro atoms. The van der Waals surface area contributed by atoms with Crippen LogP contribution >= 0.6 is 15.9 Å². The second-order valence-electron chi connectivity index (χ2n) is 3.30. The first-order valence-corrected chi connectivity index (χ1v) is 5.72. The van der Waals surface area contributed by atoms with Crippen molar-refractivity contribution >= 4 is 34.0 Å². The number of carbonyl (C=O) groups is 2.